The Labute approximate surface area is 63.0 Å². The summed E-state index contributed by atoms with van der Waals surface area (Å²) in [6, 6.07) is 0. The van der Waals surface area contributed by atoms with Gasteiger partial charge < -0.3 is 5.32 Å². The molecule has 0 bridgehead atoms. The predicted molar refractivity (Wildman–Crippen MR) is 37.7 cm³/mol. The maximum absolute atomic E-state index is 11.6. The van der Waals surface area contributed by atoms with Crippen LogP contribution in [0.5, 0.6) is 0 Å². The van der Waals surface area contributed by atoms with E-state index in [1.807, 2.05) is 0 Å². The highest BCUT2D eigenvalue weighted by Gasteiger charge is 2.01. The molecule has 0 aromatic carbocycles. The molecule has 0 saturated carbocycles. The summed E-state index contributed by atoms with van der Waals surface area (Å²) in [4.78, 5) is 0. The van der Waals surface area contributed by atoms with Gasteiger partial charge in [0.25, 0.3) is 6.43 Å². The Hall–Kier alpha value is -1.13. The molecule has 0 aliphatic rings. The standard InChI is InChI=1S/C6H9F2N3/c1-11-4-5(2-10-11)9-3-6(7)8/h2,4,6,9H,3H2,1H3. The predicted octanol–water partition coefficient (Wildman–Crippen LogP) is 1.10. The zero-order valence-corrected chi connectivity index (χ0v) is 6.09. The number of hydrogen-bond donors (Lipinski definition) is 1. The average Bonchev–Trinajstić information content (AvgIpc) is 2.31. The molecule has 1 N–H and O–H groups in total. The van der Waals surface area contributed by atoms with E-state index in [-0.39, 0.29) is 6.54 Å². The van der Waals surface area contributed by atoms with Crippen molar-refractivity contribution in [2.75, 3.05) is 11.9 Å². The van der Waals surface area contributed by atoms with Gasteiger partial charge in [-0.25, -0.2) is 8.78 Å². The molecule has 0 unspecified atom stereocenters. The summed E-state index contributed by atoms with van der Waals surface area (Å²) in [6.45, 7) is -0.328. The van der Waals surface area contributed by atoms with Crippen LogP contribution in [0, 0.1) is 0 Å². The number of nitrogens with one attached hydrogen (secondary N) is 1. The van der Waals surface area contributed by atoms with Crippen LogP contribution in [-0.4, -0.2) is 22.8 Å². The summed E-state index contributed by atoms with van der Waals surface area (Å²) in [6.07, 6.45) is 0.820. The third-order valence-electron chi connectivity index (χ3n) is 1.17. The highest BCUT2D eigenvalue weighted by Crippen LogP contribution is 2.03. The van der Waals surface area contributed by atoms with Crippen molar-refractivity contribution in [2.45, 2.75) is 6.43 Å². The third-order valence-corrected chi connectivity index (χ3v) is 1.17. The fraction of sp³-hybridized carbons (Fsp3) is 0.500. The van der Waals surface area contributed by atoms with E-state index in [9.17, 15) is 8.78 Å². The van der Waals surface area contributed by atoms with Crippen molar-refractivity contribution in [3.8, 4) is 0 Å². The van der Waals surface area contributed by atoms with Gasteiger partial charge >= 0.3 is 0 Å². The van der Waals surface area contributed by atoms with Crippen molar-refractivity contribution >= 4 is 5.69 Å². The Morgan fingerprint density at radius 1 is 1.73 bits per heavy atom. The summed E-state index contributed by atoms with van der Waals surface area (Å²) in [5, 5.41) is 6.34. The molecule has 1 rings (SSSR count). The second kappa shape index (κ2) is 3.32. The Balaban J connectivity index is 2.39. The molecule has 0 aliphatic carbocycles. The number of aromatic nitrogens is 2. The minimum atomic E-state index is -2.32. The average molecular weight is 161 g/mol. The molecular weight excluding hydrogens is 152 g/mol. The smallest absolute Gasteiger partial charge is 0.255 e. The van der Waals surface area contributed by atoms with Crippen molar-refractivity contribution < 1.29 is 8.78 Å². The van der Waals surface area contributed by atoms with Gasteiger partial charge in [-0.2, -0.15) is 5.10 Å². The molecule has 0 atom stereocenters. The second-order valence-electron chi connectivity index (χ2n) is 2.17. The molecule has 0 radical (unpaired) electrons. The van der Waals surface area contributed by atoms with E-state index in [1.165, 1.54) is 6.20 Å². The lowest BCUT2D eigenvalue weighted by Gasteiger charge is -1.99. The van der Waals surface area contributed by atoms with Crippen molar-refractivity contribution in [1.29, 1.82) is 0 Å². The molecule has 62 valence electrons. The van der Waals surface area contributed by atoms with Gasteiger partial charge in [0.2, 0.25) is 0 Å². The second-order valence-corrected chi connectivity index (χ2v) is 2.17. The highest BCUT2D eigenvalue weighted by atomic mass is 19.3. The Bertz CT molecular complexity index is 221. The summed E-state index contributed by atoms with van der Waals surface area (Å²) in [7, 11) is 1.73. The van der Waals surface area contributed by atoms with E-state index in [4.69, 9.17) is 0 Å². The molecule has 1 aromatic heterocycles. The van der Waals surface area contributed by atoms with Crippen LogP contribution in [0.2, 0.25) is 0 Å². The minimum Gasteiger partial charge on any atom is -0.377 e. The molecule has 1 heterocycles. The minimum absolute atomic E-state index is 0.328. The molecule has 5 heteroatoms. The summed E-state index contributed by atoms with van der Waals surface area (Å²) < 4.78 is 24.8. The quantitative estimate of drug-likeness (QED) is 0.719. The van der Waals surface area contributed by atoms with Crippen LogP contribution in [0.3, 0.4) is 0 Å². The van der Waals surface area contributed by atoms with Crippen LogP contribution in [0.1, 0.15) is 0 Å². The van der Waals surface area contributed by atoms with Crippen LogP contribution in [0.15, 0.2) is 12.4 Å². The Morgan fingerprint density at radius 3 is 2.91 bits per heavy atom. The van der Waals surface area contributed by atoms with Crippen molar-refractivity contribution in [1.82, 2.24) is 9.78 Å². The van der Waals surface area contributed by atoms with Crippen molar-refractivity contribution in [3.05, 3.63) is 12.4 Å². The van der Waals surface area contributed by atoms with Gasteiger partial charge in [-0.15, -0.1) is 0 Å². The van der Waals surface area contributed by atoms with E-state index in [0.717, 1.165) is 0 Å². The number of hydrogen-bond acceptors (Lipinski definition) is 2. The number of rotatable bonds is 3. The van der Waals surface area contributed by atoms with E-state index in [1.54, 1.807) is 17.9 Å². The number of alkyl halides is 2. The van der Waals surface area contributed by atoms with Gasteiger partial charge in [-0.1, -0.05) is 0 Å². The summed E-state index contributed by atoms with van der Waals surface area (Å²) in [5.74, 6) is 0. The van der Waals surface area contributed by atoms with Crippen molar-refractivity contribution in [2.24, 2.45) is 7.05 Å². The van der Waals surface area contributed by atoms with Gasteiger partial charge in [0.05, 0.1) is 18.4 Å². The maximum Gasteiger partial charge on any atom is 0.255 e. The van der Waals surface area contributed by atoms with Crippen LogP contribution in [0.4, 0.5) is 14.5 Å². The first-order chi connectivity index (χ1) is 5.18. The van der Waals surface area contributed by atoms with Crippen LogP contribution in [-0.2, 0) is 7.05 Å². The van der Waals surface area contributed by atoms with Crippen LogP contribution in [0.25, 0.3) is 0 Å². The van der Waals surface area contributed by atoms with Crippen LogP contribution < -0.4 is 5.32 Å². The zero-order chi connectivity index (χ0) is 8.27. The van der Waals surface area contributed by atoms with Crippen LogP contribution >= 0.6 is 0 Å². The lowest BCUT2D eigenvalue weighted by Crippen LogP contribution is -2.09. The van der Waals surface area contributed by atoms with E-state index in [2.05, 4.69) is 10.4 Å². The molecule has 3 nitrogen and oxygen atoms in total. The SMILES string of the molecule is Cn1cc(NCC(F)F)cn1. The third kappa shape index (κ3) is 2.53. The van der Waals surface area contributed by atoms with Gasteiger partial charge in [0.15, 0.2) is 0 Å². The lowest BCUT2D eigenvalue weighted by molar-refractivity contribution is 0.163. The first-order valence-corrected chi connectivity index (χ1v) is 3.19. The van der Waals surface area contributed by atoms with Gasteiger partial charge in [0, 0.05) is 13.2 Å². The molecule has 0 fully saturated rings. The van der Waals surface area contributed by atoms with E-state index >= 15 is 0 Å². The topological polar surface area (TPSA) is 29.9 Å². The fourth-order valence-corrected chi connectivity index (χ4v) is 0.708. The summed E-state index contributed by atoms with van der Waals surface area (Å²) in [5.41, 5.74) is 0.618. The summed E-state index contributed by atoms with van der Waals surface area (Å²) >= 11 is 0. The monoisotopic (exact) mass is 161 g/mol. The lowest BCUT2D eigenvalue weighted by atomic mass is 10.5. The Kier molecular flexibility index (Phi) is 2.40. The molecule has 0 aliphatic heterocycles. The van der Waals surface area contributed by atoms with Crippen molar-refractivity contribution in [3.63, 3.8) is 0 Å². The normalized spacial score (nSPS) is 10.5. The number of halogens is 2. The maximum atomic E-state index is 11.6. The number of anilines is 1. The highest BCUT2D eigenvalue weighted by molar-refractivity contribution is 5.37. The van der Waals surface area contributed by atoms with Gasteiger partial charge in [-0.05, 0) is 0 Å². The first-order valence-electron chi connectivity index (χ1n) is 3.19. The molecule has 0 spiro atoms. The molecule has 0 saturated heterocycles. The fourth-order valence-electron chi connectivity index (χ4n) is 0.708. The van der Waals surface area contributed by atoms with Gasteiger partial charge in [0.1, 0.15) is 0 Å². The number of aryl methyl sites for hydroxylation is 1. The number of nitrogens with zero attached hydrogens (tertiary/aromatic N) is 2. The van der Waals surface area contributed by atoms with Gasteiger partial charge in [-0.3, -0.25) is 4.68 Å². The molecule has 0 amide bonds. The zero-order valence-electron chi connectivity index (χ0n) is 6.09. The molecule has 11 heavy (non-hydrogen) atoms. The Morgan fingerprint density at radius 2 is 2.45 bits per heavy atom. The van der Waals surface area contributed by atoms with E-state index < -0.39 is 6.43 Å². The molecule has 1 aromatic rings. The molecular formula is C6H9F2N3. The first kappa shape index (κ1) is 7.97. The largest absolute Gasteiger partial charge is 0.377 e. The van der Waals surface area contributed by atoms with E-state index in [0.29, 0.717) is 5.69 Å².